The zero-order valence-electron chi connectivity index (χ0n) is 11.9. The van der Waals surface area contributed by atoms with Crippen molar-refractivity contribution in [2.24, 2.45) is 0 Å². The van der Waals surface area contributed by atoms with Gasteiger partial charge in [-0.2, -0.15) is 0 Å². The monoisotopic (exact) mass is 260 g/mol. The maximum absolute atomic E-state index is 12.5. The quantitative estimate of drug-likeness (QED) is 0.759. The predicted molar refractivity (Wildman–Crippen MR) is 75.6 cm³/mol. The van der Waals surface area contributed by atoms with Crippen LogP contribution in [0.1, 0.15) is 43.3 Å². The van der Waals surface area contributed by atoms with Gasteiger partial charge >= 0.3 is 0 Å². The summed E-state index contributed by atoms with van der Waals surface area (Å²) < 4.78 is 11.3. The number of carbonyl (C=O) groups is 1. The zero-order valence-corrected chi connectivity index (χ0v) is 11.9. The first-order chi connectivity index (χ1) is 9.00. The lowest BCUT2D eigenvalue weighted by molar-refractivity contribution is -0.0132. The van der Waals surface area contributed by atoms with Crippen LogP contribution in [0.4, 0.5) is 0 Å². The number of ether oxygens (including phenoxy) is 1. The Morgan fingerprint density at radius 2 is 2.05 bits per heavy atom. The van der Waals surface area contributed by atoms with Crippen LogP contribution >= 0.6 is 0 Å². The molecule has 0 aliphatic heterocycles. The van der Waals surface area contributed by atoms with E-state index in [4.69, 9.17) is 9.15 Å². The smallest absolute Gasteiger partial charge is 0.229 e. The summed E-state index contributed by atoms with van der Waals surface area (Å²) in [5.74, 6) is 0.282. The van der Waals surface area contributed by atoms with E-state index >= 15 is 0 Å². The molecule has 0 spiro atoms. The molecule has 1 heterocycles. The van der Waals surface area contributed by atoms with Crippen LogP contribution in [0, 0.1) is 6.92 Å². The fraction of sp³-hybridized carbons (Fsp3) is 0.438. The number of Topliss-reactive ketones (excluding diaryl/α,β-unsaturated/α-hetero) is 1. The first kappa shape index (κ1) is 13.8. The Morgan fingerprint density at radius 3 is 2.68 bits per heavy atom. The van der Waals surface area contributed by atoms with Gasteiger partial charge in [0, 0.05) is 12.0 Å². The summed E-state index contributed by atoms with van der Waals surface area (Å²) in [5.41, 5.74) is 1.08. The lowest BCUT2D eigenvalue weighted by Gasteiger charge is -2.25. The molecule has 3 heteroatoms. The van der Waals surface area contributed by atoms with Crippen molar-refractivity contribution in [2.75, 3.05) is 6.61 Å². The van der Waals surface area contributed by atoms with Gasteiger partial charge in [0.15, 0.2) is 5.76 Å². The number of hydrogen-bond donors (Lipinski definition) is 0. The van der Waals surface area contributed by atoms with E-state index in [-0.39, 0.29) is 5.78 Å². The molecule has 0 fully saturated rings. The average molecular weight is 260 g/mol. The zero-order chi connectivity index (χ0) is 14.0. The number of ketones is 1. The molecular weight excluding hydrogens is 240 g/mol. The fourth-order valence-electron chi connectivity index (χ4n) is 2.18. The molecule has 0 bridgehead atoms. The molecule has 0 saturated carbocycles. The summed E-state index contributed by atoms with van der Waals surface area (Å²) in [4.78, 5) is 12.5. The molecule has 0 aliphatic carbocycles. The van der Waals surface area contributed by atoms with Crippen LogP contribution in [0.25, 0.3) is 11.0 Å². The van der Waals surface area contributed by atoms with Crippen LogP contribution in [0.3, 0.4) is 0 Å². The normalized spacial score (nSPS) is 14.5. The van der Waals surface area contributed by atoms with E-state index in [1.807, 2.05) is 45.9 Å². The predicted octanol–water partition coefficient (Wildman–Crippen LogP) is 4.13. The van der Waals surface area contributed by atoms with Gasteiger partial charge in [-0.3, -0.25) is 4.79 Å². The van der Waals surface area contributed by atoms with Gasteiger partial charge in [-0.15, -0.1) is 0 Å². The number of furan rings is 1. The highest BCUT2D eigenvalue weighted by molar-refractivity contribution is 6.02. The number of benzene rings is 1. The first-order valence-electron chi connectivity index (χ1n) is 6.69. The van der Waals surface area contributed by atoms with Crippen LogP contribution < -0.4 is 0 Å². The van der Waals surface area contributed by atoms with Gasteiger partial charge < -0.3 is 9.15 Å². The van der Waals surface area contributed by atoms with E-state index in [1.165, 1.54) is 0 Å². The second-order valence-corrected chi connectivity index (χ2v) is 5.00. The van der Waals surface area contributed by atoms with Crippen LogP contribution in [0.5, 0.6) is 0 Å². The Bertz CT molecular complexity index is 597. The number of aryl methyl sites for hydroxylation is 1. The van der Waals surface area contributed by atoms with Crippen LogP contribution in [0.2, 0.25) is 0 Å². The van der Waals surface area contributed by atoms with Gasteiger partial charge in [-0.25, -0.2) is 0 Å². The third-order valence-electron chi connectivity index (χ3n) is 3.51. The summed E-state index contributed by atoms with van der Waals surface area (Å²) >= 11 is 0. The molecule has 1 unspecified atom stereocenters. The van der Waals surface area contributed by atoms with Gasteiger partial charge in [0.25, 0.3) is 0 Å². The maximum atomic E-state index is 12.5. The highest BCUT2D eigenvalue weighted by Gasteiger charge is 2.34. The SMILES string of the molecule is CCOC(C)(CC)C(=O)c1cc2cc(C)ccc2o1. The molecule has 2 rings (SSSR count). The average Bonchev–Trinajstić information content (AvgIpc) is 2.80. The van der Waals surface area contributed by atoms with Crippen molar-refractivity contribution in [1.82, 2.24) is 0 Å². The molecule has 1 atom stereocenters. The standard InChI is InChI=1S/C16H20O3/c1-5-16(4,18-6-2)15(17)14-10-12-9-11(3)7-8-13(12)19-14/h7-10H,5-6H2,1-4H3. The van der Waals surface area contributed by atoms with Crippen molar-refractivity contribution in [2.45, 2.75) is 39.7 Å². The largest absolute Gasteiger partial charge is 0.453 e. The lowest BCUT2D eigenvalue weighted by Crippen LogP contribution is -2.37. The van der Waals surface area contributed by atoms with E-state index in [0.29, 0.717) is 18.8 Å². The minimum absolute atomic E-state index is 0.0919. The van der Waals surface area contributed by atoms with Crippen molar-refractivity contribution >= 4 is 16.8 Å². The van der Waals surface area contributed by atoms with E-state index in [2.05, 4.69) is 0 Å². The Labute approximate surface area is 113 Å². The molecule has 19 heavy (non-hydrogen) atoms. The summed E-state index contributed by atoms with van der Waals surface area (Å²) in [6.07, 6.45) is 0.621. The lowest BCUT2D eigenvalue weighted by atomic mass is 9.95. The topological polar surface area (TPSA) is 39.4 Å². The van der Waals surface area contributed by atoms with Crippen LogP contribution in [-0.2, 0) is 4.74 Å². The first-order valence-corrected chi connectivity index (χ1v) is 6.69. The minimum atomic E-state index is -0.808. The maximum Gasteiger partial charge on any atom is 0.229 e. The molecule has 102 valence electrons. The molecule has 0 radical (unpaired) electrons. The van der Waals surface area contributed by atoms with E-state index in [0.717, 1.165) is 16.5 Å². The van der Waals surface area contributed by atoms with Crippen LogP contribution in [0.15, 0.2) is 28.7 Å². The molecule has 3 nitrogen and oxygen atoms in total. The summed E-state index contributed by atoms with van der Waals surface area (Å²) in [5, 5.41) is 0.957. The van der Waals surface area contributed by atoms with Gasteiger partial charge in [0.2, 0.25) is 5.78 Å². The molecule has 1 aromatic heterocycles. The second-order valence-electron chi connectivity index (χ2n) is 5.00. The Kier molecular flexibility index (Phi) is 3.76. The molecule has 0 aliphatic rings. The Balaban J connectivity index is 2.40. The van der Waals surface area contributed by atoms with Crippen molar-refractivity contribution in [3.63, 3.8) is 0 Å². The third-order valence-corrected chi connectivity index (χ3v) is 3.51. The molecule has 1 aromatic carbocycles. The van der Waals surface area contributed by atoms with E-state index in [1.54, 1.807) is 6.07 Å². The Morgan fingerprint density at radius 1 is 1.32 bits per heavy atom. The van der Waals surface area contributed by atoms with Crippen molar-refractivity contribution < 1.29 is 13.9 Å². The Hall–Kier alpha value is -1.61. The summed E-state index contributed by atoms with van der Waals surface area (Å²) in [7, 11) is 0. The van der Waals surface area contributed by atoms with Crippen molar-refractivity contribution in [3.05, 3.63) is 35.6 Å². The highest BCUT2D eigenvalue weighted by Crippen LogP contribution is 2.27. The van der Waals surface area contributed by atoms with E-state index < -0.39 is 5.60 Å². The second kappa shape index (κ2) is 5.17. The van der Waals surface area contributed by atoms with Gasteiger partial charge in [0.05, 0.1) is 0 Å². The highest BCUT2D eigenvalue weighted by atomic mass is 16.5. The molecule has 0 amide bonds. The number of fused-ring (bicyclic) bond motifs is 1. The third kappa shape index (κ3) is 2.56. The van der Waals surface area contributed by atoms with Gasteiger partial charge in [-0.05, 0) is 45.4 Å². The van der Waals surface area contributed by atoms with Gasteiger partial charge in [0.1, 0.15) is 11.2 Å². The summed E-state index contributed by atoms with van der Waals surface area (Å²) in [6, 6.07) is 7.68. The van der Waals surface area contributed by atoms with Crippen molar-refractivity contribution in [3.8, 4) is 0 Å². The number of carbonyl (C=O) groups excluding carboxylic acids is 1. The van der Waals surface area contributed by atoms with E-state index in [9.17, 15) is 4.79 Å². The number of hydrogen-bond acceptors (Lipinski definition) is 3. The minimum Gasteiger partial charge on any atom is -0.453 e. The molecule has 0 N–H and O–H groups in total. The fourth-order valence-corrected chi connectivity index (χ4v) is 2.18. The van der Waals surface area contributed by atoms with Gasteiger partial charge in [-0.1, -0.05) is 18.6 Å². The number of rotatable bonds is 5. The van der Waals surface area contributed by atoms with Crippen LogP contribution in [-0.4, -0.2) is 18.0 Å². The molecule has 0 saturated heterocycles. The molecular formula is C16H20O3. The molecule has 2 aromatic rings. The summed E-state index contributed by atoms with van der Waals surface area (Å²) in [6.45, 7) is 8.18. The van der Waals surface area contributed by atoms with Crippen molar-refractivity contribution in [1.29, 1.82) is 0 Å².